The predicted molar refractivity (Wildman–Crippen MR) is 59.4 cm³/mol. The summed E-state index contributed by atoms with van der Waals surface area (Å²) in [4.78, 5) is 13.3. The van der Waals surface area contributed by atoms with Crippen LogP contribution in [0.3, 0.4) is 0 Å². The Morgan fingerprint density at radius 3 is 3.00 bits per heavy atom. The Labute approximate surface area is 91.8 Å². The van der Waals surface area contributed by atoms with Crippen LogP contribution >= 0.6 is 0 Å². The van der Waals surface area contributed by atoms with Gasteiger partial charge in [0.05, 0.1) is 6.61 Å². The van der Waals surface area contributed by atoms with Gasteiger partial charge in [0.1, 0.15) is 0 Å². The molecule has 0 saturated carbocycles. The quantitative estimate of drug-likeness (QED) is 0.682. The second-order valence-corrected chi connectivity index (χ2v) is 4.61. The van der Waals surface area contributed by atoms with Crippen LogP contribution in [0.25, 0.3) is 0 Å². The van der Waals surface area contributed by atoms with Gasteiger partial charge in [-0.05, 0) is 12.3 Å². The number of hydrogen-bond donors (Lipinski definition) is 1. The minimum absolute atomic E-state index is 0.146. The highest BCUT2D eigenvalue weighted by molar-refractivity contribution is 5.77. The summed E-state index contributed by atoms with van der Waals surface area (Å²) in [5.74, 6) is 0.758. The maximum Gasteiger partial charge on any atom is 0.222 e. The van der Waals surface area contributed by atoms with Gasteiger partial charge >= 0.3 is 0 Å². The minimum atomic E-state index is 0.146. The van der Waals surface area contributed by atoms with Crippen LogP contribution < -0.4 is 5.73 Å². The van der Waals surface area contributed by atoms with E-state index in [1.807, 2.05) is 4.90 Å². The van der Waals surface area contributed by atoms with E-state index < -0.39 is 0 Å². The van der Waals surface area contributed by atoms with Crippen LogP contribution in [0.4, 0.5) is 0 Å². The number of likely N-dealkylation sites (tertiary alicyclic amines) is 1. The first-order valence-electron chi connectivity index (χ1n) is 5.70. The molecule has 4 heteroatoms. The van der Waals surface area contributed by atoms with E-state index in [2.05, 4.69) is 13.8 Å². The first-order valence-corrected chi connectivity index (χ1v) is 5.70. The molecule has 15 heavy (non-hydrogen) atoms. The largest absolute Gasteiger partial charge is 0.379 e. The van der Waals surface area contributed by atoms with Gasteiger partial charge in [-0.2, -0.15) is 0 Å². The van der Waals surface area contributed by atoms with Gasteiger partial charge in [-0.1, -0.05) is 13.8 Å². The third-order valence-corrected chi connectivity index (χ3v) is 2.49. The van der Waals surface area contributed by atoms with Crippen molar-refractivity contribution in [3.8, 4) is 0 Å². The number of carbonyl (C=O) groups excluding carboxylic acids is 1. The highest BCUT2D eigenvalue weighted by Crippen LogP contribution is 2.09. The molecule has 2 N–H and O–H groups in total. The summed E-state index contributed by atoms with van der Waals surface area (Å²) >= 11 is 0. The lowest BCUT2D eigenvalue weighted by Crippen LogP contribution is -2.47. The summed E-state index contributed by atoms with van der Waals surface area (Å²) in [5, 5.41) is 0. The molecule has 4 nitrogen and oxygen atoms in total. The van der Waals surface area contributed by atoms with Gasteiger partial charge < -0.3 is 15.4 Å². The van der Waals surface area contributed by atoms with E-state index in [0.29, 0.717) is 32.0 Å². The normalized spacial score (nSPS) is 22.5. The van der Waals surface area contributed by atoms with E-state index in [9.17, 15) is 4.79 Å². The van der Waals surface area contributed by atoms with Crippen molar-refractivity contribution < 1.29 is 9.53 Å². The van der Waals surface area contributed by atoms with Crippen LogP contribution in [0, 0.1) is 5.92 Å². The van der Waals surface area contributed by atoms with Crippen LogP contribution in [0.2, 0.25) is 0 Å². The smallest absolute Gasteiger partial charge is 0.222 e. The standard InChI is InChI=1S/C11H22N2O2/c1-9(2)8-15-6-5-13-7-10(12)3-4-11(13)14/h9-10H,3-8,12H2,1-2H3. The minimum Gasteiger partial charge on any atom is -0.379 e. The van der Waals surface area contributed by atoms with Crippen LogP contribution in [0.5, 0.6) is 0 Å². The lowest BCUT2D eigenvalue weighted by Gasteiger charge is -2.30. The third kappa shape index (κ3) is 4.62. The molecule has 88 valence electrons. The number of amides is 1. The Bertz CT molecular complexity index is 207. The van der Waals surface area contributed by atoms with Gasteiger partial charge in [-0.3, -0.25) is 4.79 Å². The fourth-order valence-electron chi connectivity index (χ4n) is 1.65. The molecular formula is C11H22N2O2. The third-order valence-electron chi connectivity index (χ3n) is 2.49. The molecule has 0 bridgehead atoms. The molecule has 0 aromatic heterocycles. The molecule has 0 aliphatic carbocycles. The van der Waals surface area contributed by atoms with Crippen molar-refractivity contribution >= 4 is 5.91 Å². The van der Waals surface area contributed by atoms with E-state index in [1.54, 1.807) is 0 Å². The molecule has 1 atom stereocenters. The molecule has 0 spiro atoms. The fraction of sp³-hybridized carbons (Fsp3) is 0.909. The van der Waals surface area contributed by atoms with Crippen molar-refractivity contribution in [1.82, 2.24) is 4.90 Å². The maximum atomic E-state index is 11.5. The van der Waals surface area contributed by atoms with Crippen molar-refractivity contribution in [2.75, 3.05) is 26.3 Å². The molecule has 1 unspecified atom stereocenters. The fourth-order valence-corrected chi connectivity index (χ4v) is 1.65. The van der Waals surface area contributed by atoms with Gasteiger partial charge in [-0.25, -0.2) is 0 Å². The number of nitrogens with two attached hydrogens (primary N) is 1. The Hall–Kier alpha value is -0.610. The summed E-state index contributed by atoms with van der Waals surface area (Å²) in [6.45, 7) is 6.97. The monoisotopic (exact) mass is 214 g/mol. The molecule has 0 aromatic rings. The number of rotatable bonds is 5. The van der Waals surface area contributed by atoms with E-state index in [4.69, 9.17) is 10.5 Å². The summed E-state index contributed by atoms with van der Waals surface area (Å²) in [6.07, 6.45) is 1.41. The lowest BCUT2D eigenvalue weighted by atomic mass is 10.1. The Morgan fingerprint density at radius 1 is 1.60 bits per heavy atom. The lowest BCUT2D eigenvalue weighted by molar-refractivity contribution is -0.134. The van der Waals surface area contributed by atoms with Crippen molar-refractivity contribution in [1.29, 1.82) is 0 Å². The first-order chi connectivity index (χ1) is 7.09. The number of hydrogen-bond acceptors (Lipinski definition) is 3. The first kappa shape index (κ1) is 12.5. The molecule has 1 fully saturated rings. The van der Waals surface area contributed by atoms with Crippen molar-refractivity contribution in [2.24, 2.45) is 11.7 Å². The highest BCUT2D eigenvalue weighted by Gasteiger charge is 2.22. The molecule has 1 heterocycles. The number of carbonyl (C=O) groups is 1. The van der Waals surface area contributed by atoms with Gasteiger partial charge in [0.2, 0.25) is 5.91 Å². The second-order valence-electron chi connectivity index (χ2n) is 4.61. The van der Waals surface area contributed by atoms with Crippen LogP contribution in [-0.4, -0.2) is 43.2 Å². The Kier molecular flexibility index (Phi) is 5.05. The average molecular weight is 214 g/mol. The second kappa shape index (κ2) is 6.08. The van der Waals surface area contributed by atoms with Crippen molar-refractivity contribution in [3.63, 3.8) is 0 Å². The van der Waals surface area contributed by atoms with Gasteiger partial charge in [0.15, 0.2) is 0 Å². The summed E-state index contributed by atoms with van der Waals surface area (Å²) in [5.41, 5.74) is 5.81. The number of nitrogens with zero attached hydrogens (tertiary/aromatic N) is 1. The van der Waals surface area contributed by atoms with Crippen LogP contribution in [0.1, 0.15) is 26.7 Å². The molecule has 1 rings (SSSR count). The number of piperidine rings is 1. The van der Waals surface area contributed by atoms with Crippen LogP contribution in [-0.2, 0) is 9.53 Å². The van der Waals surface area contributed by atoms with E-state index >= 15 is 0 Å². The maximum absolute atomic E-state index is 11.5. The molecular weight excluding hydrogens is 192 g/mol. The van der Waals surface area contributed by atoms with Crippen molar-refractivity contribution in [2.45, 2.75) is 32.7 Å². The summed E-state index contributed by atoms with van der Waals surface area (Å²) in [6, 6.07) is 0.146. The zero-order valence-electron chi connectivity index (χ0n) is 9.74. The molecule has 0 aromatic carbocycles. The molecule has 0 radical (unpaired) electrons. The molecule has 1 aliphatic heterocycles. The Morgan fingerprint density at radius 2 is 2.33 bits per heavy atom. The summed E-state index contributed by atoms with van der Waals surface area (Å²) in [7, 11) is 0. The zero-order chi connectivity index (χ0) is 11.3. The van der Waals surface area contributed by atoms with Crippen LogP contribution in [0.15, 0.2) is 0 Å². The van der Waals surface area contributed by atoms with Gasteiger partial charge in [-0.15, -0.1) is 0 Å². The van der Waals surface area contributed by atoms with E-state index in [1.165, 1.54) is 0 Å². The number of ether oxygens (including phenoxy) is 1. The van der Waals surface area contributed by atoms with Gasteiger partial charge in [0, 0.05) is 32.2 Å². The molecule has 1 amide bonds. The topological polar surface area (TPSA) is 55.6 Å². The van der Waals surface area contributed by atoms with Gasteiger partial charge in [0.25, 0.3) is 0 Å². The average Bonchev–Trinajstić information content (AvgIpc) is 2.17. The van der Waals surface area contributed by atoms with Crippen molar-refractivity contribution in [3.05, 3.63) is 0 Å². The highest BCUT2D eigenvalue weighted by atomic mass is 16.5. The molecule has 1 aliphatic rings. The predicted octanol–water partition coefficient (Wildman–Crippen LogP) is 0.609. The Balaban J connectivity index is 2.16. The summed E-state index contributed by atoms with van der Waals surface area (Å²) < 4.78 is 5.45. The molecule has 1 saturated heterocycles. The SMILES string of the molecule is CC(C)COCCN1CC(N)CCC1=O. The van der Waals surface area contributed by atoms with E-state index in [0.717, 1.165) is 13.0 Å². The zero-order valence-corrected chi connectivity index (χ0v) is 9.74. The van der Waals surface area contributed by atoms with E-state index in [-0.39, 0.29) is 11.9 Å².